The van der Waals surface area contributed by atoms with Crippen molar-refractivity contribution < 1.29 is 4.74 Å². The first-order valence-corrected chi connectivity index (χ1v) is 8.78. The quantitative estimate of drug-likeness (QED) is 0.662. The number of halogens is 2. The van der Waals surface area contributed by atoms with Gasteiger partial charge in [-0.2, -0.15) is 0 Å². The molecule has 3 rings (SSSR count). The lowest BCUT2D eigenvalue weighted by Crippen LogP contribution is -2.10. The fraction of sp³-hybridized carbons (Fsp3) is 0.250. The van der Waals surface area contributed by atoms with E-state index in [2.05, 4.69) is 40.2 Å². The van der Waals surface area contributed by atoms with Crippen molar-refractivity contribution in [3.63, 3.8) is 0 Å². The van der Waals surface area contributed by atoms with E-state index in [1.54, 1.807) is 0 Å². The van der Waals surface area contributed by atoms with Gasteiger partial charge in [-0.3, -0.25) is 0 Å². The van der Waals surface area contributed by atoms with Crippen LogP contribution in [0, 0.1) is 0 Å². The van der Waals surface area contributed by atoms with Crippen LogP contribution in [0.1, 0.15) is 17.0 Å². The SMILES string of the molecule is ClCc1ccc(OCC2CSc3ccccc32)c(Br)c1. The van der Waals surface area contributed by atoms with Gasteiger partial charge < -0.3 is 4.74 Å². The molecule has 0 fully saturated rings. The molecule has 0 aliphatic carbocycles. The predicted octanol–water partition coefficient (Wildman–Crippen LogP) is 5.46. The molecule has 0 spiro atoms. The third-order valence-electron chi connectivity index (χ3n) is 3.39. The van der Waals surface area contributed by atoms with Gasteiger partial charge in [-0.1, -0.05) is 24.3 Å². The maximum absolute atomic E-state index is 5.97. The number of thioether (sulfide) groups is 1. The fourth-order valence-corrected chi connectivity index (χ4v) is 4.24. The standard InChI is InChI=1S/C16H14BrClOS/c17-14-7-11(8-18)5-6-15(14)19-9-12-10-20-16-4-2-1-3-13(12)16/h1-7,12H,8-10H2. The van der Waals surface area contributed by atoms with Gasteiger partial charge in [-0.05, 0) is 45.3 Å². The second-order valence-electron chi connectivity index (χ2n) is 4.76. The van der Waals surface area contributed by atoms with E-state index in [0.29, 0.717) is 18.4 Å². The van der Waals surface area contributed by atoms with Gasteiger partial charge in [0.25, 0.3) is 0 Å². The summed E-state index contributed by atoms with van der Waals surface area (Å²) in [6.07, 6.45) is 0. The zero-order valence-electron chi connectivity index (χ0n) is 10.8. The molecule has 104 valence electrons. The van der Waals surface area contributed by atoms with Crippen molar-refractivity contribution >= 4 is 39.3 Å². The Morgan fingerprint density at radius 1 is 1.25 bits per heavy atom. The molecule has 1 atom stereocenters. The van der Waals surface area contributed by atoms with Gasteiger partial charge in [-0.15, -0.1) is 23.4 Å². The summed E-state index contributed by atoms with van der Waals surface area (Å²) in [5.74, 6) is 2.96. The van der Waals surface area contributed by atoms with E-state index in [1.807, 2.05) is 30.0 Å². The topological polar surface area (TPSA) is 9.23 Å². The van der Waals surface area contributed by atoms with Crippen LogP contribution in [0.4, 0.5) is 0 Å². The summed E-state index contributed by atoms with van der Waals surface area (Å²) < 4.78 is 6.94. The highest BCUT2D eigenvalue weighted by molar-refractivity contribution is 9.10. The minimum Gasteiger partial charge on any atom is -0.492 e. The minimum absolute atomic E-state index is 0.468. The average Bonchev–Trinajstić information content (AvgIpc) is 2.89. The molecule has 0 saturated carbocycles. The van der Waals surface area contributed by atoms with Crippen LogP contribution in [-0.2, 0) is 5.88 Å². The molecule has 0 amide bonds. The van der Waals surface area contributed by atoms with Crippen LogP contribution >= 0.6 is 39.3 Å². The van der Waals surface area contributed by atoms with E-state index in [0.717, 1.165) is 21.5 Å². The number of ether oxygens (including phenoxy) is 1. The lowest BCUT2D eigenvalue weighted by Gasteiger charge is -2.14. The van der Waals surface area contributed by atoms with Crippen LogP contribution in [0.5, 0.6) is 5.75 Å². The molecule has 2 aromatic carbocycles. The highest BCUT2D eigenvalue weighted by Crippen LogP contribution is 2.39. The highest BCUT2D eigenvalue weighted by Gasteiger charge is 2.23. The van der Waals surface area contributed by atoms with Crippen LogP contribution < -0.4 is 4.74 Å². The molecule has 20 heavy (non-hydrogen) atoms. The summed E-state index contributed by atoms with van der Waals surface area (Å²) in [5.41, 5.74) is 2.50. The summed E-state index contributed by atoms with van der Waals surface area (Å²) in [6.45, 7) is 0.711. The maximum atomic E-state index is 5.97. The summed E-state index contributed by atoms with van der Waals surface area (Å²) in [4.78, 5) is 1.39. The van der Waals surface area contributed by atoms with E-state index in [9.17, 15) is 0 Å². The van der Waals surface area contributed by atoms with Crippen molar-refractivity contribution in [2.75, 3.05) is 12.4 Å². The number of hydrogen-bond donors (Lipinski definition) is 0. The molecule has 0 saturated heterocycles. The van der Waals surface area contributed by atoms with Gasteiger partial charge in [0.2, 0.25) is 0 Å². The second kappa shape index (κ2) is 6.42. The average molecular weight is 370 g/mol. The number of rotatable bonds is 4. The summed E-state index contributed by atoms with van der Waals surface area (Å²) in [6, 6.07) is 14.6. The molecule has 0 aromatic heterocycles. The Hall–Kier alpha value is -0.640. The smallest absolute Gasteiger partial charge is 0.133 e. The van der Waals surface area contributed by atoms with E-state index in [1.165, 1.54) is 10.5 Å². The molecule has 1 heterocycles. The van der Waals surface area contributed by atoms with Crippen molar-refractivity contribution in [3.8, 4) is 5.75 Å². The number of benzene rings is 2. The molecule has 0 N–H and O–H groups in total. The lowest BCUT2D eigenvalue weighted by molar-refractivity contribution is 0.296. The molecule has 4 heteroatoms. The van der Waals surface area contributed by atoms with Crippen molar-refractivity contribution in [3.05, 3.63) is 58.1 Å². The molecule has 0 bridgehead atoms. The highest BCUT2D eigenvalue weighted by atomic mass is 79.9. The van der Waals surface area contributed by atoms with E-state index in [4.69, 9.17) is 16.3 Å². The summed E-state index contributed by atoms with van der Waals surface area (Å²) in [7, 11) is 0. The van der Waals surface area contributed by atoms with Gasteiger partial charge in [0.15, 0.2) is 0 Å². The van der Waals surface area contributed by atoms with Crippen LogP contribution in [-0.4, -0.2) is 12.4 Å². The molecular formula is C16H14BrClOS. The maximum Gasteiger partial charge on any atom is 0.133 e. The van der Waals surface area contributed by atoms with Gasteiger partial charge in [0, 0.05) is 22.4 Å². The van der Waals surface area contributed by atoms with Gasteiger partial charge in [-0.25, -0.2) is 0 Å². The molecule has 1 unspecified atom stereocenters. The molecule has 1 aliphatic heterocycles. The van der Waals surface area contributed by atoms with Crippen molar-refractivity contribution in [1.29, 1.82) is 0 Å². The van der Waals surface area contributed by atoms with Gasteiger partial charge in [0.1, 0.15) is 5.75 Å². The second-order valence-corrected chi connectivity index (χ2v) is 6.94. The Morgan fingerprint density at radius 2 is 2.10 bits per heavy atom. The molecular weight excluding hydrogens is 356 g/mol. The van der Waals surface area contributed by atoms with Crippen molar-refractivity contribution in [2.45, 2.75) is 16.7 Å². The molecule has 2 aromatic rings. The largest absolute Gasteiger partial charge is 0.492 e. The summed E-state index contributed by atoms with van der Waals surface area (Å²) in [5, 5.41) is 0. The molecule has 1 aliphatic rings. The Labute approximate surface area is 136 Å². The first-order valence-electron chi connectivity index (χ1n) is 6.47. The normalized spacial score (nSPS) is 17.0. The van der Waals surface area contributed by atoms with Gasteiger partial charge >= 0.3 is 0 Å². The number of fused-ring (bicyclic) bond motifs is 1. The monoisotopic (exact) mass is 368 g/mol. The number of hydrogen-bond acceptors (Lipinski definition) is 2. The Bertz CT molecular complexity index is 617. The third kappa shape index (κ3) is 3.00. The lowest BCUT2D eigenvalue weighted by atomic mass is 10.0. The van der Waals surface area contributed by atoms with E-state index in [-0.39, 0.29) is 0 Å². The Morgan fingerprint density at radius 3 is 2.90 bits per heavy atom. The zero-order chi connectivity index (χ0) is 13.9. The van der Waals surface area contributed by atoms with Crippen molar-refractivity contribution in [2.24, 2.45) is 0 Å². The zero-order valence-corrected chi connectivity index (χ0v) is 14.0. The third-order valence-corrected chi connectivity index (χ3v) is 5.57. The minimum atomic E-state index is 0.468. The van der Waals surface area contributed by atoms with Crippen LogP contribution in [0.15, 0.2) is 51.8 Å². The van der Waals surface area contributed by atoms with Crippen LogP contribution in [0.3, 0.4) is 0 Å². The van der Waals surface area contributed by atoms with E-state index >= 15 is 0 Å². The van der Waals surface area contributed by atoms with Crippen molar-refractivity contribution in [1.82, 2.24) is 0 Å². The number of alkyl halides is 1. The molecule has 0 radical (unpaired) electrons. The Kier molecular flexibility index (Phi) is 4.59. The van der Waals surface area contributed by atoms with Crippen LogP contribution in [0.25, 0.3) is 0 Å². The van der Waals surface area contributed by atoms with Gasteiger partial charge in [0.05, 0.1) is 11.1 Å². The summed E-state index contributed by atoms with van der Waals surface area (Å²) >= 11 is 11.3. The van der Waals surface area contributed by atoms with Crippen LogP contribution in [0.2, 0.25) is 0 Å². The Balaban J connectivity index is 1.69. The molecule has 1 nitrogen and oxygen atoms in total. The first kappa shape index (κ1) is 14.3. The first-order chi connectivity index (χ1) is 9.78. The predicted molar refractivity (Wildman–Crippen MR) is 89.1 cm³/mol. The fourth-order valence-electron chi connectivity index (χ4n) is 2.30. The van der Waals surface area contributed by atoms with E-state index < -0.39 is 0 Å².